The summed E-state index contributed by atoms with van der Waals surface area (Å²) in [7, 11) is 1.16. The Kier molecular flexibility index (Phi) is 6.37. The molecule has 114 valence electrons. The molecular weight excluding hydrogens is 290 g/mol. The smallest absolute Gasteiger partial charge is 0.241 e. The zero-order valence-electron chi connectivity index (χ0n) is 11.8. The number of hydrogen-bond donors (Lipinski definition) is 2. The van der Waals surface area contributed by atoms with E-state index in [9.17, 15) is 13.6 Å². The molecule has 0 aliphatic heterocycles. The molecule has 20 heavy (non-hydrogen) atoms. The highest BCUT2D eigenvalue weighted by molar-refractivity contribution is 5.95. The van der Waals surface area contributed by atoms with Gasteiger partial charge in [-0.25, -0.2) is 8.78 Å². The summed E-state index contributed by atoms with van der Waals surface area (Å²) in [5.74, 6) is -2.76. The fourth-order valence-corrected chi connectivity index (χ4v) is 1.44. The Morgan fingerprint density at radius 3 is 2.10 bits per heavy atom. The van der Waals surface area contributed by atoms with Gasteiger partial charge in [0, 0.05) is 17.8 Å². The van der Waals surface area contributed by atoms with Crippen LogP contribution in [0.1, 0.15) is 20.8 Å². The number of carbonyl (C=O) groups is 1. The fraction of sp³-hybridized carbons (Fsp3) is 0.462. The van der Waals surface area contributed by atoms with Crippen molar-refractivity contribution in [3.63, 3.8) is 0 Å². The minimum absolute atomic E-state index is 0. The van der Waals surface area contributed by atoms with E-state index in [0.29, 0.717) is 0 Å². The van der Waals surface area contributed by atoms with Gasteiger partial charge in [-0.05, 0) is 5.41 Å². The molecule has 0 spiro atoms. The van der Waals surface area contributed by atoms with Crippen LogP contribution in [0.25, 0.3) is 0 Å². The molecule has 1 rings (SSSR count). The summed E-state index contributed by atoms with van der Waals surface area (Å²) >= 11 is 0. The highest BCUT2D eigenvalue weighted by Gasteiger charge is 2.27. The van der Waals surface area contributed by atoms with Crippen LogP contribution in [0.3, 0.4) is 0 Å². The second-order valence-electron chi connectivity index (χ2n) is 5.31. The summed E-state index contributed by atoms with van der Waals surface area (Å²) < 4.78 is 31.4. The molecule has 0 aliphatic rings. The lowest BCUT2D eigenvalue weighted by Gasteiger charge is -2.25. The van der Waals surface area contributed by atoms with E-state index in [1.807, 2.05) is 0 Å². The number of methoxy groups -OCH3 is 1. The summed E-state index contributed by atoms with van der Waals surface area (Å²) in [6.07, 6.45) is 0. The molecule has 0 saturated carbocycles. The molecule has 0 aliphatic carbocycles. The maximum absolute atomic E-state index is 13.4. The number of ether oxygens (including phenoxy) is 1. The molecule has 4 nitrogen and oxygen atoms in total. The van der Waals surface area contributed by atoms with Crippen LogP contribution in [0, 0.1) is 17.0 Å². The van der Waals surface area contributed by atoms with Crippen LogP contribution in [-0.2, 0) is 4.79 Å². The summed E-state index contributed by atoms with van der Waals surface area (Å²) in [5.41, 5.74) is 5.30. The van der Waals surface area contributed by atoms with E-state index in [-0.39, 0.29) is 18.1 Å². The van der Waals surface area contributed by atoms with Gasteiger partial charge >= 0.3 is 0 Å². The van der Waals surface area contributed by atoms with Crippen molar-refractivity contribution in [2.45, 2.75) is 26.8 Å². The van der Waals surface area contributed by atoms with E-state index >= 15 is 0 Å². The molecule has 0 radical (unpaired) electrons. The Balaban J connectivity index is 0.00000361. The van der Waals surface area contributed by atoms with Crippen LogP contribution < -0.4 is 15.8 Å². The van der Waals surface area contributed by atoms with Crippen LogP contribution in [-0.4, -0.2) is 19.1 Å². The highest BCUT2D eigenvalue weighted by Crippen LogP contribution is 2.26. The second-order valence-corrected chi connectivity index (χ2v) is 5.31. The van der Waals surface area contributed by atoms with Gasteiger partial charge in [0.2, 0.25) is 5.91 Å². The molecule has 1 amide bonds. The molecule has 0 fully saturated rings. The first-order valence-corrected chi connectivity index (χ1v) is 5.76. The normalized spacial score (nSPS) is 12.3. The van der Waals surface area contributed by atoms with Crippen LogP contribution in [0.15, 0.2) is 12.1 Å². The molecule has 1 aromatic rings. The Morgan fingerprint density at radius 1 is 1.30 bits per heavy atom. The summed E-state index contributed by atoms with van der Waals surface area (Å²) in [6.45, 7) is 5.39. The zero-order chi connectivity index (χ0) is 14.8. The van der Waals surface area contributed by atoms with Crippen LogP contribution in [0.4, 0.5) is 14.5 Å². The fourth-order valence-electron chi connectivity index (χ4n) is 1.44. The van der Waals surface area contributed by atoms with Crippen molar-refractivity contribution in [1.82, 2.24) is 0 Å². The highest BCUT2D eigenvalue weighted by atomic mass is 35.5. The number of benzene rings is 1. The van der Waals surface area contributed by atoms with Crippen molar-refractivity contribution in [3.8, 4) is 5.75 Å². The maximum Gasteiger partial charge on any atom is 0.241 e. The Morgan fingerprint density at radius 2 is 1.75 bits per heavy atom. The van der Waals surface area contributed by atoms with Crippen LogP contribution in [0.2, 0.25) is 0 Å². The van der Waals surface area contributed by atoms with Gasteiger partial charge in [0.15, 0.2) is 17.4 Å². The van der Waals surface area contributed by atoms with Crippen molar-refractivity contribution >= 4 is 24.0 Å². The lowest BCUT2D eigenvalue weighted by atomic mass is 9.87. The predicted octanol–water partition coefficient (Wildman–Crippen LogP) is 2.71. The van der Waals surface area contributed by atoms with Gasteiger partial charge in [-0.15, -0.1) is 12.4 Å². The third-order valence-electron chi connectivity index (χ3n) is 2.69. The molecule has 0 heterocycles. The van der Waals surface area contributed by atoms with Crippen LogP contribution in [0.5, 0.6) is 5.75 Å². The number of nitrogens with two attached hydrogens (primary N) is 1. The third kappa shape index (κ3) is 4.31. The first-order chi connectivity index (χ1) is 8.66. The van der Waals surface area contributed by atoms with E-state index in [1.165, 1.54) is 0 Å². The SMILES string of the molecule is COc1c(F)cc(NC(=O)[C@@H](N)C(C)(C)C)cc1F.Cl. The monoisotopic (exact) mass is 308 g/mol. The number of anilines is 1. The number of halogens is 3. The van der Waals surface area contributed by atoms with Gasteiger partial charge in [-0.1, -0.05) is 20.8 Å². The van der Waals surface area contributed by atoms with Gasteiger partial charge in [0.25, 0.3) is 0 Å². The molecule has 1 aromatic carbocycles. The minimum Gasteiger partial charge on any atom is -0.491 e. The average molecular weight is 309 g/mol. The van der Waals surface area contributed by atoms with E-state index in [4.69, 9.17) is 5.73 Å². The van der Waals surface area contributed by atoms with E-state index in [0.717, 1.165) is 19.2 Å². The molecular formula is C13H19ClF2N2O2. The van der Waals surface area contributed by atoms with Crippen molar-refractivity contribution < 1.29 is 18.3 Å². The Labute approximate surface area is 123 Å². The van der Waals surface area contributed by atoms with Crippen molar-refractivity contribution in [3.05, 3.63) is 23.8 Å². The number of hydrogen-bond acceptors (Lipinski definition) is 3. The van der Waals surface area contributed by atoms with Gasteiger partial charge < -0.3 is 15.8 Å². The minimum atomic E-state index is -0.887. The lowest BCUT2D eigenvalue weighted by molar-refractivity contribution is -0.119. The Bertz CT molecular complexity index is 467. The van der Waals surface area contributed by atoms with Gasteiger partial charge in [0.1, 0.15) is 0 Å². The number of rotatable bonds is 3. The Hall–Kier alpha value is -1.40. The molecule has 7 heteroatoms. The van der Waals surface area contributed by atoms with Crippen molar-refractivity contribution in [2.24, 2.45) is 11.1 Å². The largest absolute Gasteiger partial charge is 0.491 e. The summed E-state index contributed by atoms with van der Waals surface area (Å²) in [4.78, 5) is 11.8. The first-order valence-electron chi connectivity index (χ1n) is 5.76. The van der Waals surface area contributed by atoms with E-state index in [2.05, 4.69) is 10.1 Å². The van der Waals surface area contributed by atoms with E-state index in [1.54, 1.807) is 20.8 Å². The van der Waals surface area contributed by atoms with Crippen molar-refractivity contribution in [2.75, 3.05) is 12.4 Å². The molecule has 0 unspecified atom stereocenters. The number of amides is 1. The van der Waals surface area contributed by atoms with Crippen LogP contribution >= 0.6 is 12.4 Å². The van der Waals surface area contributed by atoms with Gasteiger partial charge in [-0.3, -0.25) is 4.79 Å². The first kappa shape index (κ1) is 18.6. The maximum atomic E-state index is 13.4. The third-order valence-corrected chi connectivity index (χ3v) is 2.69. The van der Waals surface area contributed by atoms with Gasteiger partial charge in [-0.2, -0.15) is 0 Å². The molecule has 0 aromatic heterocycles. The molecule has 0 bridgehead atoms. The topological polar surface area (TPSA) is 64.3 Å². The lowest BCUT2D eigenvalue weighted by Crippen LogP contribution is -2.45. The standard InChI is InChI=1S/C13H18F2N2O2.ClH/c1-13(2,3)11(16)12(18)17-7-5-8(14)10(19-4)9(15)6-7;/h5-6,11H,16H2,1-4H3,(H,17,18);1H/t11-;/m1./s1. The van der Waals surface area contributed by atoms with Gasteiger partial charge in [0.05, 0.1) is 13.2 Å². The predicted molar refractivity (Wildman–Crippen MR) is 76.2 cm³/mol. The summed E-state index contributed by atoms with van der Waals surface area (Å²) in [6, 6.07) is 1.17. The molecule has 0 saturated heterocycles. The molecule has 1 atom stereocenters. The number of nitrogens with one attached hydrogen (secondary N) is 1. The number of carbonyl (C=O) groups excluding carboxylic acids is 1. The quantitative estimate of drug-likeness (QED) is 0.902. The van der Waals surface area contributed by atoms with E-state index < -0.39 is 34.7 Å². The average Bonchev–Trinajstić information content (AvgIpc) is 2.26. The second kappa shape index (κ2) is 6.85. The zero-order valence-corrected chi connectivity index (χ0v) is 12.6. The molecule has 3 N–H and O–H groups in total. The van der Waals surface area contributed by atoms with Crippen molar-refractivity contribution in [1.29, 1.82) is 0 Å². The summed E-state index contributed by atoms with van der Waals surface area (Å²) in [5, 5.41) is 2.38.